The van der Waals surface area contributed by atoms with E-state index in [2.05, 4.69) is 19.9 Å². The van der Waals surface area contributed by atoms with E-state index in [1.54, 1.807) is 9.47 Å². The zero-order valence-electron chi connectivity index (χ0n) is 14.4. The SMILES string of the molecule is CCn1c(S[C@H](C)c2nc(N)nc(N(C)C)n2)nc2ccsc2c1=O. The molecule has 0 fully saturated rings. The Balaban J connectivity index is 2.00. The van der Waals surface area contributed by atoms with Crippen molar-refractivity contribution in [3.63, 3.8) is 0 Å². The Labute approximate surface area is 153 Å². The standard InChI is InChI=1S/C15H19N7OS2/c1-5-22-12(23)10-9(6-7-24-10)17-15(22)25-8(2)11-18-13(16)20-14(19-11)21(3)4/h6-8H,5H2,1-4H3,(H2,16,18,19,20)/t8-/m1/s1. The van der Waals surface area contributed by atoms with Gasteiger partial charge in [-0.05, 0) is 25.3 Å². The molecule has 0 aliphatic rings. The maximum Gasteiger partial charge on any atom is 0.272 e. The summed E-state index contributed by atoms with van der Waals surface area (Å²) in [5.41, 5.74) is 6.51. The predicted octanol–water partition coefficient (Wildman–Crippen LogP) is 2.16. The van der Waals surface area contributed by atoms with Crippen molar-refractivity contribution in [3.8, 4) is 0 Å². The maximum absolute atomic E-state index is 12.6. The lowest BCUT2D eigenvalue weighted by Gasteiger charge is -2.16. The molecule has 25 heavy (non-hydrogen) atoms. The van der Waals surface area contributed by atoms with Crippen molar-refractivity contribution < 1.29 is 0 Å². The van der Waals surface area contributed by atoms with E-state index in [1.807, 2.05) is 39.4 Å². The zero-order valence-corrected chi connectivity index (χ0v) is 16.1. The first-order valence-electron chi connectivity index (χ1n) is 7.74. The molecule has 2 N–H and O–H groups in total. The van der Waals surface area contributed by atoms with Gasteiger partial charge in [0, 0.05) is 20.6 Å². The number of hydrogen-bond acceptors (Lipinski definition) is 9. The third kappa shape index (κ3) is 3.45. The molecule has 3 heterocycles. The van der Waals surface area contributed by atoms with Gasteiger partial charge in [-0.25, -0.2) is 4.98 Å². The lowest BCUT2D eigenvalue weighted by atomic mass is 10.4. The summed E-state index contributed by atoms with van der Waals surface area (Å²) in [6.45, 7) is 4.45. The zero-order chi connectivity index (χ0) is 18.1. The second-order valence-electron chi connectivity index (χ2n) is 5.59. The molecule has 3 aromatic rings. The molecule has 0 saturated carbocycles. The van der Waals surface area contributed by atoms with Crippen LogP contribution >= 0.6 is 23.1 Å². The van der Waals surface area contributed by atoms with Gasteiger partial charge in [0.1, 0.15) is 10.5 Å². The highest BCUT2D eigenvalue weighted by Crippen LogP contribution is 2.33. The van der Waals surface area contributed by atoms with E-state index in [9.17, 15) is 4.79 Å². The van der Waals surface area contributed by atoms with E-state index in [0.29, 0.717) is 28.2 Å². The van der Waals surface area contributed by atoms with Crippen LogP contribution in [0.2, 0.25) is 0 Å². The number of hydrogen-bond donors (Lipinski definition) is 1. The fourth-order valence-corrected chi connectivity index (χ4v) is 4.08. The number of nitrogens with two attached hydrogens (primary N) is 1. The summed E-state index contributed by atoms with van der Waals surface area (Å²) in [6.07, 6.45) is 0. The van der Waals surface area contributed by atoms with E-state index < -0.39 is 0 Å². The minimum absolute atomic E-state index is 0.0126. The summed E-state index contributed by atoms with van der Waals surface area (Å²) >= 11 is 2.85. The maximum atomic E-state index is 12.6. The van der Waals surface area contributed by atoms with Gasteiger partial charge in [0.15, 0.2) is 5.16 Å². The van der Waals surface area contributed by atoms with Gasteiger partial charge in [-0.1, -0.05) is 11.8 Å². The van der Waals surface area contributed by atoms with Crippen molar-refractivity contribution in [2.75, 3.05) is 24.7 Å². The number of rotatable bonds is 5. The first kappa shape index (κ1) is 17.6. The van der Waals surface area contributed by atoms with Gasteiger partial charge in [-0.15, -0.1) is 11.3 Å². The summed E-state index contributed by atoms with van der Waals surface area (Å²) in [7, 11) is 3.69. The van der Waals surface area contributed by atoms with Gasteiger partial charge in [0.2, 0.25) is 11.9 Å². The minimum atomic E-state index is -0.134. The number of thioether (sulfide) groups is 1. The van der Waals surface area contributed by atoms with Crippen LogP contribution in [0.5, 0.6) is 0 Å². The largest absolute Gasteiger partial charge is 0.368 e. The summed E-state index contributed by atoms with van der Waals surface area (Å²) < 4.78 is 2.36. The fraction of sp³-hybridized carbons (Fsp3) is 0.400. The van der Waals surface area contributed by atoms with Crippen molar-refractivity contribution in [2.24, 2.45) is 0 Å². The Morgan fingerprint density at radius 3 is 2.76 bits per heavy atom. The first-order chi connectivity index (χ1) is 11.9. The Morgan fingerprint density at radius 1 is 1.32 bits per heavy atom. The molecule has 0 aliphatic heterocycles. The third-order valence-corrected chi connectivity index (χ3v) is 5.53. The molecule has 0 bridgehead atoms. The Morgan fingerprint density at radius 2 is 2.08 bits per heavy atom. The van der Waals surface area contributed by atoms with Crippen LogP contribution in [0, 0.1) is 0 Å². The van der Waals surface area contributed by atoms with E-state index in [0.717, 1.165) is 5.52 Å². The van der Waals surface area contributed by atoms with Crippen LogP contribution < -0.4 is 16.2 Å². The summed E-state index contributed by atoms with van der Waals surface area (Å²) in [6, 6.07) is 1.86. The molecular weight excluding hydrogens is 358 g/mol. The average Bonchev–Trinajstić information content (AvgIpc) is 3.03. The molecule has 0 aliphatic carbocycles. The van der Waals surface area contributed by atoms with Gasteiger partial charge in [-0.3, -0.25) is 9.36 Å². The summed E-state index contributed by atoms with van der Waals surface area (Å²) in [5.74, 6) is 1.24. The van der Waals surface area contributed by atoms with Gasteiger partial charge < -0.3 is 10.6 Å². The third-order valence-electron chi connectivity index (χ3n) is 3.55. The molecular formula is C15H19N7OS2. The molecule has 0 saturated heterocycles. The highest BCUT2D eigenvalue weighted by atomic mass is 32.2. The quantitative estimate of drug-likeness (QED) is 0.533. The van der Waals surface area contributed by atoms with Crippen LogP contribution in [-0.2, 0) is 6.54 Å². The van der Waals surface area contributed by atoms with Crippen molar-refractivity contribution in [2.45, 2.75) is 30.8 Å². The van der Waals surface area contributed by atoms with Crippen molar-refractivity contribution in [1.29, 1.82) is 0 Å². The molecule has 3 aromatic heterocycles. The normalized spacial score (nSPS) is 12.5. The number of aromatic nitrogens is 5. The van der Waals surface area contributed by atoms with E-state index >= 15 is 0 Å². The summed E-state index contributed by atoms with van der Waals surface area (Å²) in [4.78, 5) is 31.8. The van der Waals surface area contributed by atoms with E-state index in [-0.39, 0.29) is 16.8 Å². The molecule has 3 rings (SSSR count). The number of thiophene rings is 1. The monoisotopic (exact) mass is 377 g/mol. The molecule has 0 radical (unpaired) electrons. The molecule has 0 amide bonds. The number of nitrogen functional groups attached to an aromatic ring is 1. The van der Waals surface area contributed by atoms with Gasteiger partial charge in [0.05, 0.1) is 10.8 Å². The Hall–Kier alpha value is -2.20. The van der Waals surface area contributed by atoms with Crippen LogP contribution in [0.25, 0.3) is 10.2 Å². The van der Waals surface area contributed by atoms with Crippen LogP contribution in [-0.4, -0.2) is 38.6 Å². The van der Waals surface area contributed by atoms with E-state index in [4.69, 9.17) is 5.73 Å². The lowest BCUT2D eigenvalue weighted by molar-refractivity contribution is 0.633. The predicted molar refractivity (Wildman–Crippen MR) is 102 cm³/mol. The van der Waals surface area contributed by atoms with Crippen molar-refractivity contribution in [3.05, 3.63) is 27.6 Å². The fourth-order valence-electron chi connectivity index (χ4n) is 2.28. The Kier molecular flexibility index (Phi) is 4.91. The highest BCUT2D eigenvalue weighted by Gasteiger charge is 2.19. The van der Waals surface area contributed by atoms with Crippen LogP contribution in [0.4, 0.5) is 11.9 Å². The molecule has 0 aromatic carbocycles. The smallest absolute Gasteiger partial charge is 0.272 e. The van der Waals surface area contributed by atoms with Gasteiger partial charge >= 0.3 is 0 Å². The number of fused-ring (bicyclic) bond motifs is 1. The second-order valence-corrected chi connectivity index (χ2v) is 7.81. The van der Waals surface area contributed by atoms with Crippen LogP contribution in [0.3, 0.4) is 0 Å². The number of anilines is 2. The molecule has 10 heteroatoms. The molecule has 0 unspecified atom stereocenters. The average molecular weight is 377 g/mol. The van der Waals surface area contributed by atoms with Gasteiger partial charge in [0.25, 0.3) is 5.56 Å². The molecule has 0 spiro atoms. The van der Waals surface area contributed by atoms with Crippen LogP contribution in [0.15, 0.2) is 21.4 Å². The first-order valence-corrected chi connectivity index (χ1v) is 9.50. The van der Waals surface area contributed by atoms with Gasteiger partial charge in [-0.2, -0.15) is 15.0 Å². The lowest BCUT2D eigenvalue weighted by Crippen LogP contribution is -2.22. The minimum Gasteiger partial charge on any atom is -0.368 e. The van der Waals surface area contributed by atoms with E-state index in [1.165, 1.54) is 23.1 Å². The van der Waals surface area contributed by atoms with Crippen molar-refractivity contribution >= 4 is 45.2 Å². The molecule has 132 valence electrons. The number of nitrogens with zero attached hydrogens (tertiary/aromatic N) is 6. The summed E-state index contributed by atoms with van der Waals surface area (Å²) in [5, 5.41) is 2.40. The topological polar surface area (TPSA) is 103 Å². The highest BCUT2D eigenvalue weighted by molar-refractivity contribution is 7.99. The van der Waals surface area contributed by atoms with Crippen molar-refractivity contribution in [1.82, 2.24) is 24.5 Å². The second kappa shape index (κ2) is 6.96. The Bertz CT molecular complexity index is 966. The van der Waals surface area contributed by atoms with Crippen LogP contribution in [0.1, 0.15) is 24.9 Å². The molecule has 1 atom stereocenters. The molecule has 8 nitrogen and oxygen atoms in total.